The highest BCUT2D eigenvalue weighted by Crippen LogP contribution is 2.31. The van der Waals surface area contributed by atoms with Crippen molar-refractivity contribution in [3.05, 3.63) is 108 Å². The molecular weight excluding hydrogens is 482 g/mol. The maximum absolute atomic E-state index is 13.6. The summed E-state index contributed by atoms with van der Waals surface area (Å²) in [6, 6.07) is 24.2. The Balaban J connectivity index is 1.28. The number of rotatable bonds is 6. The summed E-state index contributed by atoms with van der Waals surface area (Å²) < 4.78 is 11.2. The van der Waals surface area contributed by atoms with Crippen LogP contribution in [0.2, 0.25) is 0 Å². The first-order chi connectivity index (χ1) is 18.5. The third kappa shape index (κ3) is 4.26. The molecule has 38 heavy (non-hydrogen) atoms. The predicted octanol–water partition coefficient (Wildman–Crippen LogP) is 5.37. The average Bonchev–Trinajstić information content (AvgIpc) is 3.68. The molecule has 0 bridgehead atoms. The number of aromatic nitrogens is 1. The fourth-order valence-corrected chi connectivity index (χ4v) is 4.63. The third-order valence-electron chi connectivity index (χ3n) is 6.63. The molecule has 0 aliphatic carbocycles. The molecule has 1 fully saturated rings. The number of amides is 3. The van der Waals surface area contributed by atoms with Crippen molar-refractivity contribution in [2.45, 2.75) is 25.9 Å². The Morgan fingerprint density at radius 3 is 2.45 bits per heavy atom. The molecular formula is C30H23N3O5. The Bertz CT molecular complexity index is 1600. The Morgan fingerprint density at radius 2 is 1.74 bits per heavy atom. The van der Waals surface area contributed by atoms with Gasteiger partial charge in [-0.15, -0.1) is 0 Å². The molecule has 0 spiro atoms. The monoisotopic (exact) mass is 505 g/mol. The number of nitrogens with zero attached hydrogens (tertiary/aromatic N) is 3. The van der Waals surface area contributed by atoms with E-state index < -0.39 is 17.9 Å². The van der Waals surface area contributed by atoms with E-state index in [2.05, 4.69) is 4.98 Å². The number of oxazole rings is 1. The second-order valence-corrected chi connectivity index (χ2v) is 9.22. The number of para-hydroxylation sites is 2. The van der Waals surface area contributed by atoms with Gasteiger partial charge in [0, 0.05) is 12.1 Å². The Kier molecular flexibility index (Phi) is 5.84. The molecule has 2 aromatic heterocycles. The number of benzene rings is 3. The van der Waals surface area contributed by atoms with Gasteiger partial charge in [0.05, 0.1) is 18.4 Å². The summed E-state index contributed by atoms with van der Waals surface area (Å²) in [5, 5.41) is 0. The zero-order chi connectivity index (χ0) is 26.2. The van der Waals surface area contributed by atoms with E-state index in [0.29, 0.717) is 17.2 Å². The van der Waals surface area contributed by atoms with Crippen LogP contribution in [0.1, 0.15) is 28.1 Å². The first-order valence-electron chi connectivity index (χ1n) is 12.2. The predicted molar refractivity (Wildman–Crippen MR) is 140 cm³/mol. The van der Waals surface area contributed by atoms with Crippen molar-refractivity contribution in [1.82, 2.24) is 9.88 Å². The van der Waals surface area contributed by atoms with Crippen LogP contribution in [0.25, 0.3) is 22.6 Å². The molecule has 5 aromatic rings. The fourth-order valence-electron chi connectivity index (χ4n) is 4.63. The van der Waals surface area contributed by atoms with Crippen molar-refractivity contribution in [2.24, 2.45) is 0 Å². The van der Waals surface area contributed by atoms with Crippen LogP contribution < -0.4 is 4.90 Å². The van der Waals surface area contributed by atoms with Crippen molar-refractivity contribution in [3.8, 4) is 11.5 Å². The smallest absolute Gasteiger partial charge is 0.290 e. The zero-order valence-corrected chi connectivity index (χ0v) is 20.5. The molecule has 0 N–H and O–H groups in total. The SMILES string of the molecule is Cc1ccc(CN(C(=O)c2ccco2)C2CC(=O)N(c3ccc(-c4nc5ccccc5o4)cc3)C2=O)cc1. The standard InChI is InChI=1S/C30H23N3O5/c1-19-8-10-20(11-9-19)18-32(30(36)26-7-4-16-37-26)24-17-27(34)33(29(24)35)22-14-12-21(13-15-22)28-31-23-5-2-3-6-25(23)38-28/h2-16,24H,17-18H2,1H3. The minimum atomic E-state index is -0.960. The molecule has 3 amide bonds. The van der Waals surface area contributed by atoms with Crippen molar-refractivity contribution in [2.75, 3.05) is 4.90 Å². The van der Waals surface area contributed by atoms with E-state index in [1.165, 1.54) is 11.2 Å². The second-order valence-electron chi connectivity index (χ2n) is 9.22. The molecule has 3 aromatic carbocycles. The molecule has 8 heteroatoms. The van der Waals surface area contributed by atoms with Crippen molar-refractivity contribution in [3.63, 3.8) is 0 Å². The van der Waals surface area contributed by atoms with Gasteiger partial charge in [0.1, 0.15) is 11.6 Å². The highest BCUT2D eigenvalue weighted by Gasteiger charge is 2.45. The van der Waals surface area contributed by atoms with Gasteiger partial charge >= 0.3 is 0 Å². The highest BCUT2D eigenvalue weighted by molar-refractivity contribution is 6.23. The van der Waals surface area contributed by atoms with Crippen molar-refractivity contribution < 1.29 is 23.2 Å². The number of aryl methyl sites for hydroxylation is 1. The Morgan fingerprint density at radius 1 is 0.974 bits per heavy atom. The number of hydrogen-bond donors (Lipinski definition) is 0. The number of imide groups is 1. The molecule has 1 aliphatic rings. The van der Waals surface area contributed by atoms with Crippen LogP contribution in [-0.4, -0.2) is 33.6 Å². The average molecular weight is 506 g/mol. The molecule has 1 unspecified atom stereocenters. The lowest BCUT2D eigenvalue weighted by molar-refractivity contribution is -0.122. The van der Waals surface area contributed by atoms with E-state index in [-0.39, 0.29) is 24.6 Å². The summed E-state index contributed by atoms with van der Waals surface area (Å²) in [7, 11) is 0. The van der Waals surface area contributed by atoms with Gasteiger partial charge < -0.3 is 13.7 Å². The van der Waals surface area contributed by atoms with Gasteiger partial charge in [-0.3, -0.25) is 14.4 Å². The first kappa shape index (κ1) is 23.4. The number of furan rings is 1. The summed E-state index contributed by atoms with van der Waals surface area (Å²) in [5.41, 5.74) is 4.48. The van der Waals surface area contributed by atoms with Crippen LogP contribution in [-0.2, 0) is 16.1 Å². The van der Waals surface area contributed by atoms with Gasteiger partial charge in [0.25, 0.3) is 11.8 Å². The van der Waals surface area contributed by atoms with Crippen molar-refractivity contribution in [1.29, 1.82) is 0 Å². The van der Waals surface area contributed by atoms with E-state index in [9.17, 15) is 14.4 Å². The van der Waals surface area contributed by atoms with Gasteiger partial charge in [-0.25, -0.2) is 9.88 Å². The molecule has 3 heterocycles. The van der Waals surface area contributed by atoms with E-state index in [4.69, 9.17) is 8.83 Å². The van der Waals surface area contributed by atoms with E-state index in [1.807, 2.05) is 55.5 Å². The topological polar surface area (TPSA) is 96.9 Å². The summed E-state index contributed by atoms with van der Waals surface area (Å²) in [6.45, 7) is 2.14. The quantitative estimate of drug-likeness (QED) is 0.288. The lowest BCUT2D eigenvalue weighted by Crippen LogP contribution is -2.45. The number of carbonyl (C=O) groups is 3. The van der Waals surface area contributed by atoms with Gasteiger partial charge in [-0.05, 0) is 61.0 Å². The fraction of sp³-hybridized carbons (Fsp3) is 0.133. The zero-order valence-electron chi connectivity index (χ0n) is 20.5. The molecule has 1 atom stereocenters. The van der Waals surface area contributed by atoms with E-state index >= 15 is 0 Å². The molecule has 8 nitrogen and oxygen atoms in total. The lowest BCUT2D eigenvalue weighted by Gasteiger charge is -2.27. The number of anilines is 1. The molecule has 6 rings (SSSR count). The van der Waals surface area contributed by atoms with Crippen LogP contribution in [0.15, 0.2) is 100 Å². The van der Waals surface area contributed by atoms with Gasteiger partial charge in [-0.1, -0.05) is 42.0 Å². The van der Waals surface area contributed by atoms with Crippen LogP contribution in [0.5, 0.6) is 0 Å². The lowest BCUT2D eigenvalue weighted by atomic mass is 10.1. The highest BCUT2D eigenvalue weighted by atomic mass is 16.3. The number of fused-ring (bicyclic) bond motifs is 1. The molecule has 188 valence electrons. The Hall–Kier alpha value is -4.98. The van der Waals surface area contributed by atoms with Crippen LogP contribution in [0.3, 0.4) is 0 Å². The first-order valence-corrected chi connectivity index (χ1v) is 12.2. The molecule has 0 radical (unpaired) electrons. The normalized spacial score (nSPS) is 15.4. The third-order valence-corrected chi connectivity index (χ3v) is 6.63. The number of carbonyl (C=O) groups excluding carboxylic acids is 3. The van der Waals surface area contributed by atoms with Crippen LogP contribution >= 0.6 is 0 Å². The van der Waals surface area contributed by atoms with Crippen molar-refractivity contribution >= 4 is 34.5 Å². The number of hydrogen-bond acceptors (Lipinski definition) is 6. The van der Waals surface area contributed by atoms with E-state index in [1.54, 1.807) is 36.4 Å². The summed E-state index contributed by atoms with van der Waals surface area (Å²) >= 11 is 0. The minimum absolute atomic E-state index is 0.110. The van der Waals surface area contributed by atoms with Crippen LogP contribution in [0, 0.1) is 6.92 Å². The maximum atomic E-state index is 13.6. The summed E-state index contributed by atoms with van der Waals surface area (Å²) in [6.07, 6.45) is 1.29. The molecule has 1 aliphatic heterocycles. The van der Waals surface area contributed by atoms with E-state index in [0.717, 1.165) is 27.1 Å². The van der Waals surface area contributed by atoms with Gasteiger partial charge in [-0.2, -0.15) is 0 Å². The maximum Gasteiger partial charge on any atom is 0.290 e. The summed E-state index contributed by atoms with van der Waals surface area (Å²) in [4.78, 5) is 47.1. The van der Waals surface area contributed by atoms with Crippen LogP contribution in [0.4, 0.5) is 5.69 Å². The van der Waals surface area contributed by atoms with Gasteiger partial charge in [0.2, 0.25) is 11.8 Å². The van der Waals surface area contributed by atoms with Gasteiger partial charge in [0.15, 0.2) is 11.3 Å². The largest absolute Gasteiger partial charge is 0.459 e. The molecule has 0 saturated carbocycles. The Labute approximate surface area is 218 Å². The molecule has 1 saturated heterocycles. The minimum Gasteiger partial charge on any atom is -0.459 e. The summed E-state index contributed by atoms with van der Waals surface area (Å²) in [5.74, 6) is -0.733. The second kappa shape index (κ2) is 9.48.